The zero-order valence-corrected chi connectivity index (χ0v) is 12.3. The summed E-state index contributed by atoms with van der Waals surface area (Å²) >= 11 is 0. The van der Waals surface area contributed by atoms with Crippen molar-refractivity contribution < 1.29 is 23.8 Å². The predicted molar refractivity (Wildman–Crippen MR) is 74.3 cm³/mol. The van der Waals surface area contributed by atoms with Crippen LogP contribution in [0.3, 0.4) is 0 Å². The Labute approximate surface area is 123 Å². The summed E-state index contributed by atoms with van der Waals surface area (Å²) in [6, 6.07) is 0. The monoisotopic (exact) mass is 299 g/mol. The first-order valence-electron chi connectivity index (χ1n) is 7.42. The number of fused-ring (bicyclic) bond motifs is 2. The number of halogens is 1. The lowest BCUT2D eigenvalue weighted by Gasteiger charge is -2.50. The zero-order valence-electron chi connectivity index (χ0n) is 12.3. The molecule has 2 rings (SSSR count). The minimum absolute atomic E-state index is 0.0445. The summed E-state index contributed by atoms with van der Waals surface area (Å²) in [5.74, 6) is -2.16. The fraction of sp³-hybridized carbons (Fsp3) is 0.733. The van der Waals surface area contributed by atoms with Gasteiger partial charge in [0.25, 0.3) is 0 Å². The molecule has 2 bridgehead atoms. The van der Waals surface area contributed by atoms with Crippen LogP contribution >= 0.6 is 0 Å². The van der Waals surface area contributed by atoms with Crippen molar-refractivity contribution in [2.75, 3.05) is 13.1 Å². The first-order chi connectivity index (χ1) is 9.93. The van der Waals surface area contributed by atoms with E-state index in [-0.39, 0.29) is 18.3 Å². The van der Waals surface area contributed by atoms with Gasteiger partial charge >= 0.3 is 12.1 Å². The summed E-state index contributed by atoms with van der Waals surface area (Å²) in [6.07, 6.45) is 2.99. The van der Waals surface area contributed by atoms with Crippen LogP contribution in [0.25, 0.3) is 0 Å². The number of amides is 1. The summed E-state index contributed by atoms with van der Waals surface area (Å²) in [7, 11) is 0. The van der Waals surface area contributed by atoms with Crippen LogP contribution in [-0.4, -0.2) is 40.8 Å². The highest BCUT2D eigenvalue weighted by Gasteiger charge is 2.55. The first-order valence-corrected chi connectivity index (χ1v) is 7.42. The number of alkyl halides is 1. The number of carbonyl (C=O) groups excluding carboxylic acids is 1. The topological polar surface area (TPSA) is 66.8 Å². The number of hydrogen-bond donors (Lipinski definition) is 1. The normalized spacial score (nSPS) is 31.1. The second-order valence-electron chi connectivity index (χ2n) is 5.95. The maximum absolute atomic E-state index is 15.0. The van der Waals surface area contributed by atoms with E-state index in [4.69, 9.17) is 4.74 Å². The van der Waals surface area contributed by atoms with Gasteiger partial charge in [0, 0.05) is 19.0 Å². The van der Waals surface area contributed by atoms with Gasteiger partial charge in [0.2, 0.25) is 5.67 Å². The minimum Gasteiger partial charge on any atom is -0.479 e. The number of piperidine rings is 1. The molecule has 2 fully saturated rings. The molecule has 1 saturated carbocycles. The lowest BCUT2D eigenvalue weighted by molar-refractivity contribution is -0.164. The number of likely N-dealkylation sites (tertiary alicyclic amines) is 1. The van der Waals surface area contributed by atoms with E-state index < -0.39 is 23.6 Å². The summed E-state index contributed by atoms with van der Waals surface area (Å²) in [4.78, 5) is 24.8. The van der Waals surface area contributed by atoms with Gasteiger partial charge < -0.3 is 14.7 Å². The van der Waals surface area contributed by atoms with Crippen molar-refractivity contribution in [1.82, 2.24) is 4.90 Å². The van der Waals surface area contributed by atoms with Crippen LogP contribution < -0.4 is 0 Å². The standard InChI is InChI=1S/C15H22FNO4/c1-3-15(16,13(18)19)12-10-6-5-7-11(12)9-17(8-10)14(20)21-4-2/h4,10-12H,2-3,5-9H2,1H3,(H,18,19). The number of carbonyl (C=O) groups is 2. The van der Waals surface area contributed by atoms with Crippen LogP contribution in [-0.2, 0) is 9.53 Å². The van der Waals surface area contributed by atoms with Crippen LogP contribution in [0.4, 0.5) is 9.18 Å². The molecule has 1 saturated heterocycles. The third-order valence-electron chi connectivity index (χ3n) is 4.92. The van der Waals surface area contributed by atoms with Gasteiger partial charge in [-0.05, 0) is 31.1 Å². The Morgan fingerprint density at radius 2 is 2.00 bits per heavy atom. The average molecular weight is 299 g/mol. The van der Waals surface area contributed by atoms with Crippen molar-refractivity contribution in [3.8, 4) is 0 Å². The molecule has 1 heterocycles. The largest absolute Gasteiger partial charge is 0.479 e. The van der Waals surface area contributed by atoms with Gasteiger partial charge in [-0.1, -0.05) is 19.9 Å². The second kappa shape index (κ2) is 6.03. The van der Waals surface area contributed by atoms with Crippen LogP contribution in [0, 0.1) is 17.8 Å². The van der Waals surface area contributed by atoms with Crippen LogP contribution in [0.5, 0.6) is 0 Å². The SMILES string of the molecule is C=COC(=O)N1CC2CCCC(C1)C2C(F)(CC)C(=O)O. The third kappa shape index (κ3) is 2.76. The molecule has 0 aromatic carbocycles. The van der Waals surface area contributed by atoms with E-state index in [1.54, 1.807) is 11.8 Å². The van der Waals surface area contributed by atoms with E-state index >= 15 is 0 Å². The lowest BCUT2D eigenvalue weighted by Crippen LogP contribution is -2.58. The van der Waals surface area contributed by atoms with Gasteiger partial charge in [0.1, 0.15) is 0 Å². The Hall–Kier alpha value is -1.59. The quantitative estimate of drug-likeness (QED) is 0.811. The van der Waals surface area contributed by atoms with Crippen molar-refractivity contribution in [1.29, 1.82) is 0 Å². The van der Waals surface area contributed by atoms with Gasteiger partial charge in [-0.2, -0.15) is 0 Å². The number of nitrogens with zero attached hydrogens (tertiary/aromatic N) is 1. The van der Waals surface area contributed by atoms with E-state index in [2.05, 4.69) is 6.58 Å². The molecule has 0 aromatic heterocycles. The number of carboxylic acid groups (broad SMARTS) is 1. The fourth-order valence-electron chi connectivity index (χ4n) is 4.01. The highest BCUT2D eigenvalue weighted by Crippen LogP contribution is 2.48. The minimum atomic E-state index is -2.20. The van der Waals surface area contributed by atoms with Crippen molar-refractivity contribution >= 4 is 12.1 Å². The van der Waals surface area contributed by atoms with Gasteiger partial charge in [-0.3, -0.25) is 0 Å². The molecular weight excluding hydrogens is 277 g/mol. The Kier molecular flexibility index (Phi) is 4.54. The highest BCUT2D eigenvalue weighted by molar-refractivity contribution is 5.78. The van der Waals surface area contributed by atoms with E-state index in [1.165, 1.54) is 0 Å². The Morgan fingerprint density at radius 1 is 1.43 bits per heavy atom. The smallest absolute Gasteiger partial charge is 0.414 e. The molecule has 1 aliphatic carbocycles. The maximum Gasteiger partial charge on any atom is 0.414 e. The van der Waals surface area contributed by atoms with Gasteiger partial charge in [0.15, 0.2) is 0 Å². The molecule has 0 radical (unpaired) electrons. The second-order valence-corrected chi connectivity index (χ2v) is 5.95. The number of hydrogen-bond acceptors (Lipinski definition) is 3. The van der Waals surface area contributed by atoms with Crippen LogP contribution in [0.1, 0.15) is 32.6 Å². The van der Waals surface area contributed by atoms with Gasteiger partial charge in [-0.15, -0.1) is 0 Å². The molecule has 1 aliphatic heterocycles. The molecule has 1 amide bonds. The molecule has 118 valence electrons. The first kappa shape index (κ1) is 15.8. The molecular formula is C15H22FNO4. The lowest BCUT2D eigenvalue weighted by atomic mass is 9.62. The molecule has 0 spiro atoms. The molecule has 3 atom stereocenters. The fourth-order valence-corrected chi connectivity index (χ4v) is 4.01. The number of carboxylic acids is 1. The number of ether oxygens (including phenoxy) is 1. The van der Waals surface area contributed by atoms with Crippen molar-refractivity contribution in [3.05, 3.63) is 12.8 Å². The Bertz CT molecular complexity index is 427. The van der Waals surface area contributed by atoms with E-state index in [1.807, 2.05) is 0 Å². The van der Waals surface area contributed by atoms with E-state index in [9.17, 15) is 19.1 Å². The summed E-state index contributed by atoms with van der Waals surface area (Å²) in [5, 5.41) is 9.31. The van der Waals surface area contributed by atoms with Crippen LogP contribution in [0.2, 0.25) is 0 Å². The zero-order chi connectivity index (χ0) is 15.6. The number of aliphatic carboxylic acids is 1. The average Bonchev–Trinajstić information content (AvgIpc) is 2.45. The van der Waals surface area contributed by atoms with Gasteiger partial charge in [-0.25, -0.2) is 14.0 Å². The third-order valence-corrected chi connectivity index (χ3v) is 4.92. The molecule has 3 unspecified atom stereocenters. The maximum atomic E-state index is 15.0. The summed E-state index contributed by atoms with van der Waals surface area (Å²) < 4.78 is 19.8. The number of rotatable bonds is 4. The van der Waals surface area contributed by atoms with Crippen LogP contribution in [0.15, 0.2) is 12.8 Å². The van der Waals surface area contributed by atoms with Crippen molar-refractivity contribution in [2.45, 2.75) is 38.3 Å². The molecule has 5 nitrogen and oxygen atoms in total. The van der Waals surface area contributed by atoms with Gasteiger partial charge in [0.05, 0.1) is 6.26 Å². The van der Waals surface area contributed by atoms with E-state index in [0.717, 1.165) is 25.5 Å². The van der Waals surface area contributed by atoms with E-state index in [0.29, 0.717) is 13.1 Å². The molecule has 0 aromatic rings. The Balaban J connectivity index is 2.22. The van der Waals surface area contributed by atoms with Crippen molar-refractivity contribution in [2.24, 2.45) is 17.8 Å². The molecule has 21 heavy (non-hydrogen) atoms. The Morgan fingerprint density at radius 3 is 2.43 bits per heavy atom. The summed E-state index contributed by atoms with van der Waals surface area (Å²) in [5.41, 5.74) is -2.20. The molecule has 2 aliphatic rings. The summed E-state index contributed by atoms with van der Waals surface area (Å²) in [6.45, 7) is 5.63. The molecule has 1 N–H and O–H groups in total. The highest BCUT2D eigenvalue weighted by atomic mass is 19.1. The van der Waals surface area contributed by atoms with Crippen molar-refractivity contribution in [3.63, 3.8) is 0 Å². The molecule has 6 heteroatoms. The predicted octanol–water partition coefficient (Wildman–Crippen LogP) is 2.82.